The first kappa shape index (κ1) is 15.6. The highest BCUT2D eigenvalue weighted by molar-refractivity contribution is 5.96. The molecule has 0 radical (unpaired) electrons. The van der Waals surface area contributed by atoms with Gasteiger partial charge in [0.2, 0.25) is 0 Å². The minimum absolute atomic E-state index is 0.0133. The normalized spacial score (nSPS) is 17.2. The van der Waals surface area contributed by atoms with Crippen LogP contribution in [0.25, 0.3) is 0 Å². The van der Waals surface area contributed by atoms with Gasteiger partial charge in [-0.3, -0.25) is 4.79 Å². The number of ether oxygens (including phenoxy) is 1. The maximum absolute atomic E-state index is 12.6. The van der Waals surface area contributed by atoms with Crippen molar-refractivity contribution < 1.29 is 9.53 Å². The molecule has 0 bridgehead atoms. The van der Waals surface area contributed by atoms with Gasteiger partial charge in [0.05, 0.1) is 12.6 Å². The fourth-order valence-electron chi connectivity index (χ4n) is 2.53. The molecule has 2 rings (SSSR count). The van der Waals surface area contributed by atoms with Crippen molar-refractivity contribution in [3.63, 3.8) is 0 Å². The maximum Gasteiger partial charge on any atom is 0.253 e. The van der Waals surface area contributed by atoms with Crippen molar-refractivity contribution in [2.75, 3.05) is 26.7 Å². The summed E-state index contributed by atoms with van der Waals surface area (Å²) in [6, 6.07) is 5.62. The van der Waals surface area contributed by atoms with Crippen LogP contribution in [0, 0.1) is 18.8 Å². The zero-order valence-electron chi connectivity index (χ0n) is 12.7. The van der Waals surface area contributed by atoms with Crippen LogP contribution >= 0.6 is 0 Å². The molecule has 1 aliphatic rings. The lowest BCUT2D eigenvalue weighted by Gasteiger charge is -2.22. The molecule has 2 N–H and O–H groups in total. The second kappa shape index (κ2) is 7.26. The number of benzene rings is 1. The van der Waals surface area contributed by atoms with Crippen molar-refractivity contribution in [2.45, 2.75) is 25.9 Å². The highest BCUT2D eigenvalue weighted by Gasteiger charge is 2.22. The van der Waals surface area contributed by atoms with Crippen molar-refractivity contribution in [2.24, 2.45) is 5.73 Å². The standard InChI is InChI=1S/C17H22N2O2/c1-13-14(7-4-10-18)6-3-9-16(13)17(20)19(2)12-15-8-5-11-21-15/h3,6,9,15H,5,8,10-12,18H2,1-2H3. The predicted molar refractivity (Wildman–Crippen MR) is 83.0 cm³/mol. The van der Waals surface area contributed by atoms with E-state index in [0.717, 1.165) is 30.6 Å². The third-order valence-corrected chi connectivity index (χ3v) is 3.74. The third kappa shape index (κ3) is 3.84. The molecule has 1 aromatic rings. The number of nitrogens with zero attached hydrogens (tertiary/aromatic N) is 1. The molecule has 1 atom stereocenters. The van der Waals surface area contributed by atoms with Crippen LogP contribution in [0.1, 0.15) is 34.3 Å². The summed E-state index contributed by atoms with van der Waals surface area (Å²) in [5, 5.41) is 0. The summed E-state index contributed by atoms with van der Waals surface area (Å²) in [5.41, 5.74) is 7.86. The Bertz CT molecular complexity index is 566. The first-order valence-electron chi connectivity index (χ1n) is 7.29. The molecule has 4 nitrogen and oxygen atoms in total. The molecule has 4 heteroatoms. The van der Waals surface area contributed by atoms with Crippen LogP contribution in [0.4, 0.5) is 0 Å². The second-order valence-electron chi connectivity index (χ2n) is 5.30. The van der Waals surface area contributed by atoms with E-state index in [9.17, 15) is 4.79 Å². The van der Waals surface area contributed by atoms with Gasteiger partial charge in [0.1, 0.15) is 0 Å². The summed E-state index contributed by atoms with van der Waals surface area (Å²) in [6.45, 7) is 3.68. The Morgan fingerprint density at radius 2 is 2.33 bits per heavy atom. The quantitative estimate of drug-likeness (QED) is 0.858. The lowest BCUT2D eigenvalue weighted by atomic mass is 10.0. The molecule has 0 saturated carbocycles. The summed E-state index contributed by atoms with van der Waals surface area (Å²) >= 11 is 0. The van der Waals surface area contributed by atoms with Crippen LogP contribution in [0.3, 0.4) is 0 Å². The molecule has 21 heavy (non-hydrogen) atoms. The Morgan fingerprint density at radius 1 is 1.52 bits per heavy atom. The number of rotatable bonds is 3. The molecule has 1 amide bonds. The van der Waals surface area contributed by atoms with Crippen molar-refractivity contribution in [1.29, 1.82) is 0 Å². The summed E-state index contributed by atoms with van der Waals surface area (Å²) in [5.74, 6) is 5.86. The molecule has 112 valence electrons. The van der Waals surface area contributed by atoms with Crippen LogP contribution in [0.2, 0.25) is 0 Å². The van der Waals surface area contributed by atoms with Crippen LogP contribution in [0.15, 0.2) is 18.2 Å². The van der Waals surface area contributed by atoms with E-state index in [1.165, 1.54) is 0 Å². The highest BCUT2D eigenvalue weighted by atomic mass is 16.5. The van der Waals surface area contributed by atoms with Gasteiger partial charge in [-0.2, -0.15) is 0 Å². The van der Waals surface area contributed by atoms with Gasteiger partial charge >= 0.3 is 0 Å². The van der Waals surface area contributed by atoms with Gasteiger partial charge in [-0.05, 0) is 37.5 Å². The molecule has 0 spiro atoms. The molecular formula is C17H22N2O2. The van der Waals surface area contributed by atoms with Gasteiger partial charge in [0.15, 0.2) is 0 Å². The van der Waals surface area contributed by atoms with E-state index in [1.807, 2.05) is 32.2 Å². The Kier molecular flexibility index (Phi) is 5.38. The van der Waals surface area contributed by atoms with Crippen LogP contribution in [-0.4, -0.2) is 43.7 Å². The summed E-state index contributed by atoms with van der Waals surface area (Å²) in [7, 11) is 1.82. The summed E-state index contributed by atoms with van der Waals surface area (Å²) in [4.78, 5) is 14.3. The Labute approximate surface area is 126 Å². The van der Waals surface area contributed by atoms with Crippen molar-refractivity contribution in [3.05, 3.63) is 34.9 Å². The van der Waals surface area contributed by atoms with E-state index in [-0.39, 0.29) is 12.0 Å². The van der Waals surface area contributed by atoms with Crippen LogP contribution < -0.4 is 5.73 Å². The monoisotopic (exact) mass is 286 g/mol. The van der Waals surface area contributed by atoms with Gasteiger partial charge in [-0.25, -0.2) is 0 Å². The van der Waals surface area contributed by atoms with E-state index >= 15 is 0 Å². The van der Waals surface area contributed by atoms with E-state index in [2.05, 4.69) is 11.8 Å². The van der Waals surface area contributed by atoms with Crippen molar-refractivity contribution in [3.8, 4) is 11.8 Å². The topological polar surface area (TPSA) is 55.6 Å². The Hall–Kier alpha value is -1.83. The lowest BCUT2D eigenvalue weighted by Crippen LogP contribution is -2.34. The number of hydrogen-bond donors (Lipinski definition) is 1. The smallest absolute Gasteiger partial charge is 0.253 e. The largest absolute Gasteiger partial charge is 0.376 e. The van der Waals surface area contributed by atoms with Gasteiger partial charge < -0.3 is 15.4 Å². The molecule has 1 saturated heterocycles. The maximum atomic E-state index is 12.6. The van der Waals surface area contributed by atoms with Crippen LogP contribution in [0.5, 0.6) is 0 Å². The third-order valence-electron chi connectivity index (χ3n) is 3.74. The van der Waals surface area contributed by atoms with E-state index in [4.69, 9.17) is 10.5 Å². The lowest BCUT2D eigenvalue weighted by molar-refractivity contribution is 0.0586. The predicted octanol–water partition coefficient (Wildman–Crippen LogP) is 1.56. The number of amides is 1. The number of likely N-dealkylation sites (N-methyl/N-ethyl adjacent to an activating group) is 1. The highest BCUT2D eigenvalue weighted by Crippen LogP contribution is 2.17. The average molecular weight is 286 g/mol. The van der Waals surface area contributed by atoms with E-state index < -0.39 is 0 Å². The van der Waals surface area contributed by atoms with E-state index in [1.54, 1.807) is 4.90 Å². The summed E-state index contributed by atoms with van der Waals surface area (Å²) in [6.07, 6.45) is 2.27. The van der Waals surface area contributed by atoms with Gasteiger partial charge in [0, 0.05) is 31.3 Å². The van der Waals surface area contributed by atoms with E-state index in [0.29, 0.717) is 18.7 Å². The Morgan fingerprint density at radius 3 is 3.00 bits per heavy atom. The van der Waals surface area contributed by atoms with Gasteiger partial charge in [-0.15, -0.1) is 0 Å². The minimum atomic E-state index is 0.0133. The molecule has 1 heterocycles. The number of nitrogens with two attached hydrogens (primary N) is 1. The van der Waals surface area contributed by atoms with Crippen LogP contribution in [-0.2, 0) is 4.74 Å². The van der Waals surface area contributed by atoms with Gasteiger partial charge in [-0.1, -0.05) is 17.9 Å². The zero-order valence-corrected chi connectivity index (χ0v) is 12.7. The molecule has 1 aliphatic heterocycles. The average Bonchev–Trinajstić information content (AvgIpc) is 2.98. The SMILES string of the molecule is Cc1c(C#CCN)cccc1C(=O)N(C)CC1CCCO1. The molecule has 1 fully saturated rings. The molecule has 0 aliphatic carbocycles. The van der Waals surface area contributed by atoms with Crippen molar-refractivity contribution >= 4 is 5.91 Å². The number of carbonyl (C=O) groups excluding carboxylic acids is 1. The molecule has 0 aromatic heterocycles. The first-order valence-corrected chi connectivity index (χ1v) is 7.29. The zero-order chi connectivity index (χ0) is 15.2. The summed E-state index contributed by atoms with van der Waals surface area (Å²) < 4.78 is 5.59. The fraction of sp³-hybridized carbons (Fsp3) is 0.471. The number of carbonyl (C=O) groups is 1. The fourth-order valence-corrected chi connectivity index (χ4v) is 2.53. The molecular weight excluding hydrogens is 264 g/mol. The molecule has 1 aromatic carbocycles. The first-order chi connectivity index (χ1) is 10.1. The van der Waals surface area contributed by atoms with Crippen molar-refractivity contribution in [1.82, 2.24) is 4.90 Å². The second-order valence-corrected chi connectivity index (χ2v) is 5.30. The minimum Gasteiger partial charge on any atom is -0.376 e. The number of hydrogen-bond acceptors (Lipinski definition) is 3. The van der Waals surface area contributed by atoms with Gasteiger partial charge in [0.25, 0.3) is 5.91 Å². The molecule has 1 unspecified atom stereocenters. The Balaban J connectivity index is 2.14.